The van der Waals surface area contributed by atoms with E-state index in [1.54, 1.807) is 0 Å². The number of nitrogens with one attached hydrogen (secondary N) is 1. The third kappa shape index (κ3) is 5.32. The molecule has 1 N–H and O–H groups in total. The average Bonchev–Trinajstić information content (AvgIpc) is 2.83. The second kappa shape index (κ2) is 10.1. The van der Waals surface area contributed by atoms with Crippen molar-refractivity contribution < 1.29 is 4.79 Å². The standard InChI is InChI=1S/C25H27BrN4O/c1-19(29-14-16-30(17-15-29)23-13-12-22(26)18-27-23)25(31)28-24(20-8-4-2-5-9-20)21-10-6-3-7-11-21/h2-13,18-19,24H,14-17H2,1H3,(H,28,31). The Morgan fingerprint density at radius 2 is 1.48 bits per heavy atom. The summed E-state index contributed by atoms with van der Waals surface area (Å²) in [5.74, 6) is 1.03. The number of rotatable bonds is 6. The molecule has 1 amide bonds. The first-order valence-corrected chi connectivity index (χ1v) is 11.4. The van der Waals surface area contributed by atoms with Crippen molar-refractivity contribution in [1.82, 2.24) is 15.2 Å². The molecule has 31 heavy (non-hydrogen) atoms. The molecule has 1 aliphatic heterocycles. The van der Waals surface area contributed by atoms with Crippen molar-refractivity contribution >= 4 is 27.7 Å². The van der Waals surface area contributed by atoms with Crippen LogP contribution >= 0.6 is 15.9 Å². The van der Waals surface area contributed by atoms with Gasteiger partial charge >= 0.3 is 0 Å². The third-order valence-electron chi connectivity index (χ3n) is 5.83. The van der Waals surface area contributed by atoms with Gasteiger partial charge in [-0.1, -0.05) is 60.7 Å². The summed E-state index contributed by atoms with van der Waals surface area (Å²) in [6.45, 7) is 5.36. The molecule has 5 nitrogen and oxygen atoms in total. The van der Waals surface area contributed by atoms with Crippen molar-refractivity contribution in [3.8, 4) is 0 Å². The SMILES string of the molecule is CC(C(=O)NC(c1ccccc1)c1ccccc1)N1CCN(c2ccc(Br)cn2)CC1. The summed E-state index contributed by atoms with van der Waals surface area (Å²) in [6.07, 6.45) is 1.82. The Kier molecular flexibility index (Phi) is 6.99. The lowest BCUT2D eigenvalue weighted by Crippen LogP contribution is -2.54. The molecule has 1 atom stereocenters. The average molecular weight is 479 g/mol. The van der Waals surface area contributed by atoms with Gasteiger partial charge in [0.25, 0.3) is 0 Å². The van der Waals surface area contributed by atoms with Crippen LogP contribution < -0.4 is 10.2 Å². The number of aromatic nitrogens is 1. The Labute approximate surface area is 192 Å². The minimum absolute atomic E-state index is 0.0490. The van der Waals surface area contributed by atoms with Gasteiger partial charge in [0, 0.05) is 36.8 Å². The van der Waals surface area contributed by atoms with E-state index in [9.17, 15) is 4.79 Å². The number of hydrogen-bond donors (Lipinski definition) is 1. The van der Waals surface area contributed by atoms with Gasteiger partial charge in [0.05, 0.1) is 12.1 Å². The van der Waals surface area contributed by atoms with Crippen molar-refractivity contribution in [2.75, 3.05) is 31.1 Å². The molecule has 0 saturated carbocycles. The highest BCUT2D eigenvalue weighted by Gasteiger charge is 2.28. The Morgan fingerprint density at radius 1 is 0.903 bits per heavy atom. The molecule has 160 valence electrons. The van der Waals surface area contributed by atoms with Crippen molar-refractivity contribution in [2.24, 2.45) is 0 Å². The highest BCUT2D eigenvalue weighted by molar-refractivity contribution is 9.10. The molecule has 3 aromatic rings. The van der Waals surface area contributed by atoms with Crippen molar-refractivity contribution in [2.45, 2.75) is 19.0 Å². The van der Waals surface area contributed by atoms with Gasteiger partial charge in [-0.3, -0.25) is 9.69 Å². The molecule has 2 heterocycles. The molecule has 0 bridgehead atoms. The summed E-state index contributed by atoms with van der Waals surface area (Å²) in [5.41, 5.74) is 2.17. The van der Waals surface area contributed by atoms with E-state index in [4.69, 9.17) is 0 Å². The topological polar surface area (TPSA) is 48.5 Å². The zero-order valence-corrected chi connectivity index (χ0v) is 19.2. The number of hydrogen-bond acceptors (Lipinski definition) is 4. The van der Waals surface area contributed by atoms with Crippen LogP contribution in [0.3, 0.4) is 0 Å². The summed E-state index contributed by atoms with van der Waals surface area (Å²) in [7, 11) is 0. The van der Waals surface area contributed by atoms with Crippen LogP contribution in [0.2, 0.25) is 0 Å². The number of carbonyl (C=O) groups excluding carboxylic acids is 1. The van der Waals surface area contributed by atoms with Crippen LogP contribution in [0.15, 0.2) is 83.5 Å². The quantitative estimate of drug-likeness (QED) is 0.574. The molecule has 4 rings (SSSR count). The van der Waals surface area contributed by atoms with E-state index in [0.717, 1.165) is 47.6 Å². The normalized spacial score (nSPS) is 15.6. The van der Waals surface area contributed by atoms with Crippen LogP contribution in [0.4, 0.5) is 5.82 Å². The number of anilines is 1. The smallest absolute Gasteiger partial charge is 0.237 e. The molecule has 0 radical (unpaired) electrons. The minimum Gasteiger partial charge on any atom is -0.354 e. The fourth-order valence-corrected chi connectivity index (χ4v) is 4.21. The van der Waals surface area contributed by atoms with Crippen molar-refractivity contribution in [3.05, 3.63) is 94.6 Å². The Hall–Kier alpha value is -2.70. The first-order valence-electron chi connectivity index (χ1n) is 10.6. The summed E-state index contributed by atoms with van der Waals surface area (Å²) < 4.78 is 0.978. The first-order chi connectivity index (χ1) is 15.1. The number of piperazine rings is 1. The van der Waals surface area contributed by atoms with Crippen LogP contribution in [-0.4, -0.2) is 48.0 Å². The second-order valence-corrected chi connectivity index (χ2v) is 8.71. The summed E-state index contributed by atoms with van der Waals surface area (Å²) >= 11 is 3.43. The molecule has 1 saturated heterocycles. The maximum Gasteiger partial charge on any atom is 0.237 e. The summed E-state index contributed by atoms with van der Waals surface area (Å²) in [4.78, 5) is 22.2. The van der Waals surface area contributed by atoms with Crippen molar-refractivity contribution in [1.29, 1.82) is 0 Å². The molecular formula is C25H27BrN4O. The number of halogens is 1. The second-order valence-electron chi connectivity index (χ2n) is 7.80. The predicted molar refractivity (Wildman–Crippen MR) is 128 cm³/mol. The fourth-order valence-electron chi connectivity index (χ4n) is 3.97. The van der Waals surface area contributed by atoms with Gasteiger partial charge < -0.3 is 10.2 Å². The number of amides is 1. The molecule has 1 aromatic heterocycles. The monoisotopic (exact) mass is 478 g/mol. The third-order valence-corrected chi connectivity index (χ3v) is 6.30. The highest BCUT2D eigenvalue weighted by Crippen LogP contribution is 2.23. The van der Waals surface area contributed by atoms with Crippen LogP contribution in [0.25, 0.3) is 0 Å². The number of benzene rings is 2. The van der Waals surface area contributed by atoms with Gasteiger partial charge in [0.2, 0.25) is 5.91 Å². The van der Waals surface area contributed by atoms with E-state index in [0.29, 0.717) is 0 Å². The van der Waals surface area contributed by atoms with Gasteiger partial charge in [-0.05, 0) is 46.1 Å². The van der Waals surface area contributed by atoms with Crippen molar-refractivity contribution in [3.63, 3.8) is 0 Å². The number of carbonyl (C=O) groups is 1. The zero-order valence-electron chi connectivity index (χ0n) is 17.6. The van der Waals surface area contributed by atoms with E-state index in [1.165, 1.54) is 0 Å². The van der Waals surface area contributed by atoms with E-state index < -0.39 is 0 Å². The summed E-state index contributed by atoms with van der Waals surface area (Å²) in [5, 5.41) is 3.28. The van der Waals surface area contributed by atoms with Gasteiger partial charge in [-0.15, -0.1) is 0 Å². The molecule has 2 aromatic carbocycles. The lowest BCUT2D eigenvalue weighted by atomic mass is 9.98. The van der Waals surface area contributed by atoms with E-state index in [1.807, 2.05) is 61.7 Å². The molecule has 1 unspecified atom stereocenters. The lowest BCUT2D eigenvalue weighted by molar-refractivity contribution is -0.126. The van der Waals surface area contributed by atoms with Gasteiger partial charge in [0.1, 0.15) is 5.82 Å². The van der Waals surface area contributed by atoms with Crippen LogP contribution in [0.1, 0.15) is 24.1 Å². The molecule has 1 fully saturated rings. The van der Waals surface area contributed by atoms with Crippen LogP contribution in [0, 0.1) is 0 Å². The van der Waals surface area contributed by atoms with E-state index >= 15 is 0 Å². The van der Waals surface area contributed by atoms with Crippen LogP contribution in [0.5, 0.6) is 0 Å². The van der Waals surface area contributed by atoms with E-state index in [-0.39, 0.29) is 18.0 Å². The molecule has 0 spiro atoms. The Balaban J connectivity index is 1.41. The van der Waals surface area contributed by atoms with Gasteiger partial charge in [-0.25, -0.2) is 4.98 Å². The maximum atomic E-state index is 13.2. The van der Waals surface area contributed by atoms with Gasteiger partial charge in [-0.2, -0.15) is 0 Å². The molecule has 1 aliphatic rings. The fraction of sp³-hybridized carbons (Fsp3) is 0.280. The highest BCUT2D eigenvalue weighted by atomic mass is 79.9. The molecule has 0 aliphatic carbocycles. The Bertz CT molecular complexity index is 934. The molecule has 6 heteroatoms. The molecular weight excluding hydrogens is 452 g/mol. The largest absolute Gasteiger partial charge is 0.354 e. The summed E-state index contributed by atoms with van der Waals surface area (Å²) in [6, 6.07) is 24.0. The maximum absolute atomic E-state index is 13.2. The van der Waals surface area contributed by atoms with Gasteiger partial charge in [0.15, 0.2) is 0 Å². The number of nitrogens with zero attached hydrogens (tertiary/aromatic N) is 3. The van der Waals surface area contributed by atoms with Crippen LogP contribution in [-0.2, 0) is 4.79 Å². The Morgan fingerprint density at radius 3 is 2.00 bits per heavy atom. The minimum atomic E-state index is -0.199. The van der Waals surface area contributed by atoms with E-state index in [2.05, 4.69) is 60.3 Å². The predicted octanol–water partition coefficient (Wildman–Crippen LogP) is 4.26. The lowest BCUT2D eigenvalue weighted by Gasteiger charge is -2.38. The zero-order chi connectivity index (χ0) is 21.6. The first kappa shape index (κ1) is 21.5. The number of pyridine rings is 1.